The van der Waals surface area contributed by atoms with Crippen molar-refractivity contribution in [1.82, 2.24) is 19.6 Å². The average Bonchev–Trinajstić information content (AvgIpc) is 3.24. The Morgan fingerprint density at radius 2 is 1.62 bits per heavy atom. The van der Waals surface area contributed by atoms with Crippen LogP contribution in [-0.4, -0.2) is 115 Å². The molecule has 12 heteroatoms. The fourth-order valence-electron chi connectivity index (χ4n) is 7.76. The summed E-state index contributed by atoms with van der Waals surface area (Å²) < 4.78 is 6.61. The predicted octanol–water partition coefficient (Wildman–Crippen LogP) is 4.13. The number of phenols is 1. The first-order chi connectivity index (χ1) is 23.0. The number of amides is 4. The summed E-state index contributed by atoms with van der Waals surface area (Å²) in [5.74, 6) is -0.00856. The van der Waals surface area contributed by atoms with Crippen LogP contribution in [0.4, 0.5) is 15.3 Å². The molecule has 0 unspecified atom stereocenters. The number of hydrogen-bond acceptors (Lipinski definition) is 6. The van der Waals surface area contributed by atoms with Gasteiger partial charge in [-0.25, -0.2) is 9.59 Å². The van der Waals surface area contributed by atoms with Crippen LogP contribution in [0.3, 0.4) is 0 Å². The van der Waals surface area contributed by atoms with Crippen LogP contribution in [0.15, 0.2) is 40.9 Å². The molecule has 0 aliphatic carbocycles. The molecule has 4 aliphatic heterocycles. The molecule has 2 aromatic rings. The van der Waals surface area contributed by atoms with E-state index in [1.54, 1.807) is 11.0 Å². The molecule has 0 aromatic heterocycles. The van der Waals surface area contributed by atoms with Crippen LogP contribution in [-0.2, 0) is 22.4 Å². The number of para-hydroxylation sites is 1. The fraction of sp³-hybridized carbons (Fsp3) is 0.583. The number of carbonyl (C=O) groups excluding carboxylic acids is 3. The Balaban J connectivity index is 1.08. The largest absolute Gasteiger partial charge is 0.507 e. The topological polar surface area (TPSA) is 106 Å². The highest BCUT2D eigenvalue weighted by atomic mass is 79.9. The number of urea groups is 1. The molecule has 1 atom stereocenters. The number of ether oxygens (including phenoxy) is 1. The van der Waals surface area contributed by atoms with E-state index < -0.39 is 12.2 Å². The van der Waals surface area contributed by atoms with Crippen LogP contribution >= 0.6 is 15.9 Å². The average molecular weight is 723 g/mol. The summed E-state index contributed by atoms with van der Waals surface area (Å²) in [6.45, 7) is 9.70. The Morgan fingerprint density at radius 1 is 0.979 bits per heavy atom. The summed E-state index contributed by atoms with van der Waals surface area (Å²) in [4.78, 5) is 48.8. The maximum atomic E-state index is 14.1. The van der Waals surface area contributed by atoms with Gasteiger partial charge in [0.2, 0.25) is 0 Å². The van der Waals surface area contributed by atoms with Gasteiger partial charge in [-0.2, -0.15) is 0 Å². The number of likely N-dealkylation sites (tertiary alicyclic amines) is 3. The Labute approximate surface area is 293 Å². The quantitative estimate of drug-likeness (QED) is 0.435. The highest BCUT2D eigenvalue weighted by molar-refractivity contribution is 9.10. The molecule has 0 bridgehead atoms. The smallest absolute Gasteiger partial charge is 0.410 e. The zero-order valence-electron chi connectivity index (χ0n) is 28.5. The summed E-state index contributed by atoms with van der Waals surface area (Å²) in [6.07, 6.45) is 5.03. The number of benzene rings is 2. The molecule has 4 aliphatic rings. The normalized spacial score (nSPS) is 21.6. The van der Waals surface area contributed by atoms with Crippen molar-refractivity contribution in [3.63, 3.8) is 0 Å². The number of hydrogen-bond donors (Lipinski definition) is 2. The van der Waals surface area contributed by atoms with Gasteiger partial charge >= 0.3 is 12.1 Å². The fourth-order valence-corrected chi connectivity index (χ4v) is 8.37. The lowest BCUT2D eigenvalue weighted by Gasteiger charge is -2.44. The van der Waals surface area contributed by atoms with Gasteiger partial charge in [-0.3, -0.25) is 4.79 Å². The lowest BCUT2D eigenvalue weighted by atomic mass is 9.82. The predicted molar refractivity (Wildman–Crippen MR) is 193 cm³/mol. The molecule has 2 N–H and O–H groups in total. The SMILES string of the molecule is Bc1cc(C[C@@H](OC(=O)N2CCC(N3CCc4ccccc4NC3=O)CC2)C(=O)N2CCC(N3CCC(C)(C)CC3)CC2)cc(Br)c1O. The highest BCUT2D eigenvalue weighted by Crippen LogP contribution is 2.33. The van der Waals surface area contributed by atoms with Gasteiger partial charge in [0.05, 0.1) is 4.47 Å². The van der Waals surface area contributed by atoms with Crippen molar-refractivity contribution in [2.75, 3.05) is 51.1 Å². The minimum Gasteiger partial charge on any atom is -0.507 e. The molecular formula is C36H49BBrN5O5. The molecule has 48 heavy (non-hydrogen) atoms. The third-order valence-electron chi connectivity index (χ3n) is 11.0. The van der Waals surface area contributed by atoms with Crippen molar-refractivity contribution in [3.05, 3.63) is 52.0 Å². The van der Waals surface area contributed by atoms with Crippen molar-refractivity contribution in [2.45, 2.75) is 83.4 Å². The number of nitrogens with one attached hydrogen (secondary N) is 1. The molecule has 10 nitrogen and oxygen atoms in total. The molecule has 6 rings (SSSR count). The van der Waals surface area contributed by atoms with Gasteiger partial charge in [0.25, 0.3) is 5.91 Å². The van der Waals surface area contributed by atoms with Crippen molar-refractivity contribution in [2.24, 2.45) is 5.41 Å². The number of anilines is 1. The van der Waals surface area contributed by atoms with E-state index in [2.05, 4.69) is 40.0 Å². The van der Waals surface area contributed by atoms with Crippen LogP contribution in [0.25, 0.3) is 0 Å². The second kappa shape index (κ2) is 14.7. The number of fused-ring (bicyclic) bond motifs is 1. The molecule has 2 aromatic carbocycles. The van der Waals surface area contributed by atoms with Gasteiger partial charge in [-0.05, 0) is 108 Å². The van der Waals surface area contributed by atoms with E-state index >= 15 is 0 Å². The summed E-state index contributed by atoms with van der Waals surface area (Å²) in [6, 6.07) is 11.9. The van der Waals surface area contributed by atoms with E-state index in [1.807, 2.05) is 48.0 Å². The number of piperidine rings is 3. The zero-order chi connectivity index (χ0) is 34.0. The van der Waals surface area contributed by atoms with Crippen LogP contribution in [0.2, 0.25) is 0 Å². The van der Waals surface area contributed by atoms with Gasteiger partial charge in [0.15, 0.2) is 6.10 Å². The van der Waals surface area contributed by atoms with Crippen LogP contribution < -0.4 is 10.8 Å². The summed E-state index contributed by atoms with van der Waals surface area (Å²) in [7, 11) is 1.81. The van der Waals surface area contributed by atoms with Crippen molar-refractivity contribution in [1.29, 1.82) is 0 Å². The lowest BCUT2D eigenvalue weighted by molar-refractivity contribution is -0.142. The Hall–Kier alpha value is -3.25. The van der Waals surface area contributed by atoms with E-state index in [1.165, 1.54) is 12.8 Å². The zero-order valence-corrected chi connectivity index (χ0v) is 30.1. The van der Waals surface area contributed by atoms with E-state index in [-0.39, 0.29) is 30.2 Å². The molecular weight excluding hydrogens is 673 g/mol. The number of rotatable bonds is 6. The molecule has 3 fully saturated rings. The van der Waals surface area contributed by atoms with Gasteiger partial charge in [0.1, 0.15) is 13.6 Å². The van der Waals surface area contributed by atoms with Gasteiger partial charge in [-0.15, -0.1) is 0 Å². The Kier molecular flexibility index (Phi) is 10.6. The summed E-state index contributed by atoms with van der Waals surface area (Å²) in [5.41, 5.74) is 3.87. The van der Waals surface area contributed by atoms with Gasteiger partial charge in [-0.1, -0.05) is 38.1 Å². The van der Waals surface area contributed by atoms with E-state index in [9.17, 15) is 19.5 Å². The van der Waals surface area contributed by atoms with Gasteiger partial charge < -0.3 is 34.8 Å². The van der Waals surface area contributed by atoms with Crippen LogP contribution in [0.1, 0.15) is 63.5 Å². The summed E-state index contributed by atoms with van der Waals surface area (Å²) >= 11 is 3.42. The first-order valence-electron chi connectivity index (χ1n) is 17.6. The molecule has 0 spiro atoms. The van der Waals surface area contributed by atoms with Crippen molar-refractivity contribution >= 4 is 53.0 Å². The molecule has 4 heterocycles. The van der Waals surface area contributed by atoms with Gasteiger partial charge in [0, 0.05) is 56.9 Å². The monoisotopic (exact) mass is 721 g/mol. The van der Waals surface area contributed by atoms with Crippen molar-refractivity contribution < 1.29 is 24.2 Å². The second-order valence-corrected chi connectivity index (χ2v) is 15.7. The molecule has 3 saturated heterocycles. The number of carbonyl (C=O) groups is 3. The van der Waals surface area contributed by atoms with Crippen LogP contribution in [0.5, 0.6) is 5.75 Å². The number of aromatic hydroxyl groups is 1. The highest BCUT2D eigenvalue weighted by Gasteiger charge is 2.37. The molecule has 258 valence electrons. The van der Waals surface area contributed by atoms with E-state index in [0.717, 1.165) is 49.2 Å². The standard InChI is InChI=1S/C36H49BBrN5O5/c1-36(2)12-19-40(20-13-36)26-8-14-41(15-9-26)33(45)31(23-24-21-28(37)32(44)29(38)22-24)48-35(47)42-16-10-27(11-17-42)43-18-7-25-5-3-4-6-30(25)39-34(43)46/h3-6,21-22,26-27,31,44H,7-20,23,37H2,1-2H3,(H,39,46)/t31-/m1/s1. The number of nitrogens with zero attached hydrogens (tertiary/aromatic N) is 4. The first-order valence-corrected chi connectivity index (χ1v) is 18.4. The Bertz CT molecular complexity index is 1470. The first kappa shape index (κ1) is 34.6. The third kappa shape index (κ3) is 7.96. The second-order valence-electron chi connectivity index (χ2n) is 14.8. The van der Waals surface area contributed by atoms with Crippen LogP contribution in [0, 0.1) is 5.41 Å². The number of phenolic OH excluding ortho intramolecular Hbond substituents is 1. The molecule has 0 saturated carbocycles. The molecule has 4 amide bonds. The maximum Gasteiger partial charge on any atom is 0.410 e. The third-order valence-corrected chi connectivity index (χ3v) is 11.6. The minimum atomic E-state index is -0.978. The lowest BCUT2D eigenvalue weighted by Crippen LogP contribution is -2.53. The molecule has 0 radical (unpaired) electrons. The Morgan fingerprint density at radius 3 is 2.31 bits per heavy atom. The minimum absolute atomic E-state index is 0.0189. The van der Waals surface area contributed by atoms with Crippen molar-refractivity contribution in [3.8, 4) is 5.75 Å². The van der Waals surface area contributed by atoms with E-state index in [0.29, 0.717) is 67.0 Å². The summed E-state index contributed by atoms with van der Waals surface area (Å²) in [5, 5.41) is 13.4. The number of halogens is 1. The van der Waals surface area contributed by atoms with E-state index in [4.69, 9.17) is 4.74 Å². The maximum absolute atomic E-state index is 14.1.